The van der Waals surface area contributed by atoms with E-state index in [2.05, 4.69) is 162 Å². The van der Waals surface area contributed by atoms with Gasteiger partial charge < -0.3 is 8.98 Å². The molecule has 0 unspecified atom stereocenters. The summed E-state index contributed by atoms with van der Waals surface area (Å²) < 4.78 is 9.14. The van der Waals surface area contributed by atoms with E-state index in [4.69, 9.17) is 19.4 Å². The zero-order valence-electron chi connectivity index (χ0n) is 30.2. The maximum atomic E-state index is 6.81. The number of fused-ring (bicyclic) bond motifs is 7. The first-order chi connectivity index (χ1) is 27.7. The lowest BCUT2D eigenvalue weighted by Gasteiger charge is -2.10. The van der Waals surface area contributed by atoms with Crippen molar-refractivity contribution in [3.8, 4) is 62.1 Å². The summed E-state index contributed by atoms with van der Waals surface area (Å²) in [7, 11) is 0. The van der Waals surface area contributed by atoms with Crippen LogP contribution in [0.25, 0.3) is 106 Å². The van der Waals surface area contributed by atoms with E-state index in [0.29, 0.717) is 17.5 Å². The molecule has 8 aromatic carbocycles. The maximum absolute atomic E-state index is 6.81. The summed E-state index contributed by atoms with van der Waals surface area (Å²) in [5, 5.41) is 4.57. The van der Waals surface area contributed by atoms with Gasteiger partial charge in [0.15, 0.2) is 23.1 Å². The van der Waals surface area contributed by atoms with Gasteiger partial charge in [0, 0.05) is 43.9 Å². The third kappa shape index (κ3) is 5.37. The van der Waals surface area contributed by atoms with Crippen molar-refractivity contribution in [2.75, 3.05) is 0 Å². The minimum atomic E-state index is 0.621. The van der Waals surface area contributed by atoms with Gasteiger partial charge >= 0.3 is 0 Å². The molecule has 56 heavy (non-hydrogen) atoms. The van der Waals surface area contributed by atoms with Gasteiger partial charge in [-0.2, -0.15) is 0 Å². The molecule has 0 radical (unpaired) electrons. The number of benzene rings is 8. The van der Waals surface area contributed by atoms with Crippen LogP contribution in [0.1, 0.15) is 0 Å². The highest BCUT2D eigenvalue weighted by molar-refractivity contribution is 6.21. The molecule has 0 N–H and O–H groups in total. The Bertz CT molecular complexity index is 3220. The largest absolute Gasteiger partial charge is 0.454 e. The van der Waals surface area contributed by atoms with E-state index in [1.54, 1.807) is 0 Å². The molecule has 0 aliphatic heterocycles. The van der Waals surface area contributed by atoms with Crippen LogP contribution in [0.5, 0.6) is 0 Å². The maximum Gasteiger partial charge on any atom is 0.164 e. The summed E-state index contributed by atoms with van der Waals surface area (Å²) in [6.07, 6.45) is 0. The highest BCUT2D eigenvalue weighted by Crippen LogP contribution is 2.41. The number of furan rings is 1. The molecule has 0 saturated carbocycles. The fraction of sp³-hybridized carbons (Fsp3) is 0. The monoisotopic (exact) mass is 716 g/mol. The lowest BCUT2D eigenvalue weighted by molar-refractivity contribution is 0.671. The second kappa shape index (κ2) is 13.0. The van der Waals surface area contributed by atoms with Crippen molar-refractivity contribution in [2.24, 2.45) is 0 Å². The predicted octanol–water partition coefficient (Wildman–Crippen LogP) is 13.2. The van der Waals surface area contributed by atoms with Crippen LogP contribution >= 0.6 is 0 Å². The quantitative estimate of drug-likeness (QED) is 0.172. The zero-order chi connectivity index (χ0) is 37.0. The van der Waals surface area contributed by atoms with E-state index in [1.807, 2.05) is 36.4 Å². The fourth-order valence-electron chi connectivity index (χ4n) is 7.94. The van der Waals surface area contributed by atoms with Gasteiger partial charge in [0.1, 0.15) is 5.58 Å². The SMILES string of the molecule is c1ccc(-c2cccc(-c3nc(-c4ccccc4)nc(-c4ccc(-c5ccc6c(c5)oc5c6ccc6c7ccccc7n(-c7ccccc7)c65)cc4)n3)c2)cc1. The summed E-state index contributed by atoms with van der Waals surface area (Å²) >= 11 is 0. The number of hydrogen-bond donors (Lipinski definition) is 0. The van der Waals surface area contributed by atoms with Gasteiger partial charge in [0.05, 0.1) is 11.0 Å². The van der Waals surface area contributed by atoms with Crippen LogP contribution in [-0.2, 0) is 0 Å². The summed E-state index contributed by atoms with van der Waals surface area (Å²) in [5.74, 6) is 1.89. The summed E-state index contributed by atoms with van der Waals surface area (Å²) in [5.41, 5.74) is 12.3. The summed E-state index contributed by atoms with van der Waals surface area (Å²) in [4.78, 5) is 15.0. The first-order valence-electron chi connectivity index (χ1n) is 18.8. The first-order valence-corrected chi connectivity index (χ1v) is 18.8. The molecule has 5 heteroatoms. The Labute approximate surface area is 322 Å². The highest BCUT2D eigenvalue weighted by Gasteiger charge is 2.19. The predicted molar refractivity (Wildman–Crippen MR) is 229 cm³/mol. The zero-order valence-corrected chi connectivity index (χ0v) is 30.2. The van der Waals surface area contributed by atoms with E-state index in [9.17, 15) is 0 Å². The number of para-hydroxylation sites is 2. The van der Waals surface area contributed by atoms with Gasteiger partial charge in [-0.15, -0.1) is 0 Å². The molecule has 0 fully saturated rings. The van der Waals surface area contributed by atoms with Crippen molar-refractivity contribution in [1.29, 1.82) is 0 Å². The lowest BCUT2D eigenvalue weighted by Crippen LogP contribution is -2.00. The molecule has 0 saturated heterocycles. The van der Waals surface area contributed by atoms with Crippen molar-refractivity contribution >= 4 is 43.7 Å². The highest BCUT2D eigenvalue weighted by atomic mass is 16.3. The van der Waals surface area contributed by atoms with Crippen molar-refractivity contribution in [1.82, 2.24) is 19.5 Å². The molecule has 262 valence electrons. The Balaban J connectivity index is 0.994. The standard InChI is InChI=1S/C51H32N4O/c1-4-13-33(14-5-1)37-17-12-18-39(31-37)51-53-49(35-15-6-2-7-16-35)52-50(54-51)36-25-23-34(24-26-36)38-27-28-42-44-30-29-43-41-21-10-11-22-45(41)55(40-19-8-3-9-20-40)47(43)48(44)56-46(42)32-38/h1-32H. The van der Waals surface area contributed by atoms with Gasteiger partial charge in [-0.1, -0.05) is 152 Å². The van der Waals surface area contributed by atoms with E-state index in [1.165, 1.54) is 10.8 Å². The Morgan fingerprint density at radius 1 is 0.339 bits per heavy atom. The molecule has 0 bridgehead atoms. The first kappa shape index (κ1) is 31.9. The minimum Gasteiger partial charge on any atom is -0.454 e. The van der Waals surface area contributed by atoms with Gasteiger partial charge in [-0.25, -0.2) is 15.0 Å². The van der Waals surface area contributed by atoms with Crippen LogP contribution < -0.4 is 0 Å². The molecule has 0 amide bonds. The molecule has 0 spiro atoms. The van der Waals surface area contributed by atoms with Gasteiger partial charge in [0.25, 0.3) is 0 Å². The Morgan fingerprint density at radius 2 is 0.839 bits per heavy atom. The van der Waals surface area contributed by atoms with Crippen LogP contribution in [0.15, 0.2) is 199 Å². The Hall–Kier alpha value is -7.63. The smallest absolute Gasteiger partial charge is 0.164 e. The normalized spacial score (nSPS) is 11.6. The number of aromatic nitrogens is 4. The topological polar surface area (TPSA) is 56.7 Å². The Kier molecular flexibility index (Phi) is 7.42. The Morgan fingerprint density at radius 3 is 1.59 bits per heavy atom. The van der Waals surface area contributed by atoms with Gasteiger partial charge in [0.2, 0.25) is 0 Å². The molecule has 11 aromatic rings. The van der Waals surface area contributed by atoms with Crippen LogP contribution in [0.2, 0.25) is 0 Å². The number of hydrogen-bond acceptors (Lipinski definition) is 4. The van der Waals surface area contributed by atoms with Crippen molar-refractivity contribution in [3.05, 3.63) is 194 Å². The summed E-state index contributed by atoms with van der Waals surface area (Å²) in [6.45, 7) is 0. The number of rotatable bonds is 6. The molecule has 3 aromatic heterocycles. The van der Waals surface area contributed by atoms with Crippen LogP contribution in [0.4, 0.5) is 0 Å². The van der Waals surface area contributed by atoms with Gasteiger partial charge in [-0.3, -0.25) is 0 Å². The molecule has 3 heterocycles. The van der Waals surface area contributed by atoms with Crippen LogP contribution in [0, 0.1) is 0 Å². The van der Waals surface area contributed by atoms with Gasteiger partial charge in [-0.05, 0) is 64.7 Å². The van der Waals surface area contributed by atoms with Crippen molar-refractivity contribution in [3.63, 3.8) is 0 Å². The molecule has 0 aliphatic rings. The second-order valence-corrected chi connectivity index (χ2v) is 14.0. The molecule has 5 nitrogen and oxygen atoms in total. The van der Waals surface area contributed by atoms with Crippen LogP contribution in [-0.4, -0.2) is 19.5 Å². The second-order valence-electron chi connectivity index (χ2n) is 14.0. The van der Waals surface area contributed by atoms with E-state index < -0.39 is 0 Å². The third-order valence-corrected chi connectivity index (χ3v) is 10.7. The molecule has 11 rings (SSSR count). The van der Waals surface area contributed by atoms with E-state index >= 15 is 0 Å². The van der Waals surface area contributed by atoms with Crippen molar-refractivity contribution in [2.45, 2.75) is 0 Å². The summed E-state index contributed by atoms with van der Waals surface area (Å²) in [6, 6.07) is 67.3. The van der Waals surface area contributed by atoms with Crippen LogP contribution in [0.3, 0.4) is 0 Å². The average Bonchev–Trinajstić information content (AvgIpc) is 3.83. The fourth-order valence-corrected chi connectivity index (χ4v) is 7.94. The van der Waals surface area contributed by atoms with Crippen molar-refractivity contribution < 1.29 is 4.42 Å². The molecule has 0 atom stereocenters. The molecular weight excluding hydrogens is 685 g/mol. The third-order valence-electron chi connectivity index (χ3n) is 10.7. The molecular formula is C51H32N4O. The number of nitrogens with zero attached hydrogens (tertiary/aromatic N) is 4. The lowest BCUT2D eigenvalue weighted by atomic mass is 10.0. The average molecular weight is 717 g/mol. The van der Waals surface area contributed by atoms with E-state index in [0.717, 1.165) is 77.6 Å². The molecule has 0 aliphatic carbocycles. The minimum absolute atomic E-state index is 0.621. The van der Waals surface area contributed by atoms with E-state index in [-0.39, 0.29) is 0 Å².